The molecule has 1 aliphatic heterocycles. The van der Waals surface area contributed by atoms with Gasteiger partial charge in [0.2, 0.25) is 11.8 Å². The fraction of sp³-hybridized carbons (Fsp3) is 0.462. The van der Waals surface area contributed by atoms with Crippen LogP contribution in [-0.2, 0) is 20.9 Å². The van der Waals surface area contributed by atoms with E-state index in [0.717, 1.165) is 18.4 Å². The summed E-state index contributed by atoms with van der Waals surface area (Å²) in [6.07, 6.45) is 4.58. The lowest BCUT2D eigenvalue weighted by molar-refractivity contribution is -0.132. The lowest BCUT2D eigenvalue weighted by atomic mass is 10.2. The van der Waals surface area contributed by atoms with Crippen LogP contribution in [0, 0.1) is 0 Å². The summed E-state index contributed by atoms with van der Waals surface area (Å²) < 4.78 is 5.22. The molecule has 19 heavy (non-hydrogen) atoms. The number of hydrogen-bond donors (Lipinski definition) is 2. The van der Waals surface area contributed by atoms with Crippen molar-refractivity contribution >= 4 is 11.8 Å². The highest BCUT2D eigenvalue weighted by atomic mass is 16.5. The molecule has 0 spiro atoms. The van der Waals surface area contributed by atoms with Gasteiger partial charge in [0.15, 0.2) is 0 Å². The normalized spacial score (nSPS) is 18.0. The second-order valence-corrected chi connectivity index (χ2v) is 4.36. The molecule has 102 valence electrons. The first-order valence-corrected chi connectivity index (χ1v) is 6.30. The van der Waals surface area contributed by atoms with Crippen LogP contribution in [0.3, 0.4) is 0 Å². The Balaban J connectivity index is 1.65. The Morgan fingerprint density at radius 1 is 1.42 bits per heavy atom. The Morgan fingerprint density at radius 2 is 2.32 bits per heavy atom. The quantitative estimate of drug-likeness (QED) is 0.783. The third-order valence-electron chi connectivity index (χ3n) is 2.86. The second-order valence-electron chi connectivity index (χ2n) is 4.36. The molecular formula is C13H17N3O3. The smallest absolute Gasteiger partial charge is 0.249 e. The highest BCUT2D eigenvalue weighted by Gasteiger charge is 2.23. The molecule has 0 bridgehead atoms. The number of ether oxygens (including phenoxy) is 1. The molecule has 2 N–H and O–H groups in total. The number of amides is 2. The predicted octanol–water partition coefficient (Wildman–Crippen LogP) is -0.00700. The molecule has 6 heteroatoms. The van der Waals surface area contributed by atoms with Crippen LogP contribution in [-0.4, -0.2) is 36.1 Å². The summed E-state index contributed by atoms with van der Waals surface area (Å²) in [5.74, 6) is -0.441. The van der Waals surface area contributed by atoms with Crippen molar-refractivity contribution in [1.29, 1.82) is 0 Å². The van der Waals surface area contributed by atoms with Gasteiger partial charge in [0.25, 0.3) is 0 Å². The van der Waals surface area contributed by atoms with Gasteiger partial charge in [-0.25, -0.2) is 0 Å². The number of aromatic nitrogens is 1. The average molecular weight is 263 g/mol. The minimum atomic E-state index is -0.397. The minimum absolute atomic E-state index is 0.0288. The summed E-state index contributed by atoms with van der Waals surface area (Å²) >= 11 is 0. The monoisotopic (exact) mass is 263 g/mol. The summed E-state index contributed by atoms with van der Waals surface area (Å²) in [6, 6.07) is 3.68. The van der Waals surface area contributed by atoms with Crippen LogP contribution in [0.1, 0.15) is 18.4 Å². The van der Waals surface area contributed by atoms with Crippen LogP contribution >= 0.6 is 0 Å². The van der Waals surface area contributed by atoms with E-state index >= 15 is 0 Å². The first kappa shape index (κ1) is 13.5. The lowest BCUT2D eigenvalue weighted by Crippen LogP contribution is -2.41. The molecule has 1 aromatic heterocycles. The van der Waals surface area contributed by atoms with Gasteiger partial charge >= 0.3 is 0 Å². The summed E-state index contributed by atoms with van der Waals surface area (Å²) in [5, 5.41) is 5.28. The van der Waals surface area contributed by atoms with Crippen LogP contribution in [0.4, 0.5) is 0 Å². The van der Waals surface area contributed by atoms with Gasteiger partial charge in [0.05, 0.1) is 6.54 Å². The Morgan fingerprint density at radius 3 is 3.00 bits per heavy atom. The van der Waals surface area contributed by atoms with Gasteiger partial charge in [-0.3, -0.25) is 14.6 Å². The molecule has 1 aromatic rings. The van der Waals surface area contributed by atoms with Gasteiger partial charge < -0.3 is 15.4 Å². The minimum Gasteiger partial charge on any atom is -0.368 e. The zero-order valence-electron chi connectivity index (χ0n) is 10.6. The third kappa shape index (κ3) is 4.33. The number of nitrogens with one attached hydrogen (secondary N) is 2. The number of carbonyl (C=O) groups is 2. The van der Waals surface area contributed by atoms with E-state index in [-0.39, 0.29) is 18.4 Å². The molecule has 1 fully saturated rings. The highest BCUT2D eigenvalue weighted by molar-refractivity contribution is 5.86. The van der Waals surface area contributed by atoms with E-state index in [1.807, 2.05) is 6.07 Å². The fourth-order valence-corrected chi connectivity index (χ4v) is 1.83. The zero-order chi connectivity index (χ0) is 13.5. The van der Waals surface area contributed by atoms with E-state index in [2.05, 4.69) is 15.6 Å². The summed E-state index contributed by atoms with van der Waals surface area (Å²) in [5.41, 5.74) is 0.918. The van der Waals surface area contributed by atoms with Crippen molar-refractivity contribution in [3.8, 4) is 0 Å². The van der Waals surface area contributed by atoms with Crippen molar-refractivity contribution in [3.05, 3.63) is 30.1 Å². The molecule has 2 amide bonds. The third-order valence-corrected chi connectivity index (χ3v) is 2.86. The summed E-state index contributed by atoms with van der Waals surface area (Å²) in [4.78, 5) is 27.1. The maximum Gasteiger partial charge on any atom is 0.249 e. The molecule has 2 rings (SSSR count). The number of carbonyl (C=O) groups excluding carboxylic acids is 2. The largest absolute Gasteiger partial charge is 0.368 e. The average Bonchev–Trinajstić information content (AvgIpc) is 2.98. The maximum absolute atomic E-state index is 11.6. The second kappa shape index (κ2) is 6.84. The summed E-state index contributed by atoms with van der Waals surface area (Å²) in [7, 11) is 0. The molecule has 0 aromatic carbocycles. The molecule has 1 aliphatic rings. The van der Waals surface area contributed by atoms with Gasteiger partial charge in [0, 0.05) is 25.5 Å². The number of hydrogen-bond acceptors (Lipinski definition) is 4. The van der Waals surface area contributed by atoms with Gasteiger partial charge in [0.1, 0.15) is 6.10 Å². The van der Waals surface area contributed by atoms with Gasteiger partial charge in [-0.1, -0.05) is 6.07 Å². The van der Waals surface area contributed by atoms with E-state index in [1.54, 1.807) is 18.5 Å². The van der Waals surface area contributed by atoms with E-state index in [0.29, 0.717) is 13.2 Å². The van der Waals surface area contributed by atoms with Crippen LogP contribution < -0.4 is 10.6 Å². The van der Waals surface area contributed by atoms with Crippen molar-refractivity contribution in [3.63, 3.8) is 0 Å². The Hall–Kier alpha value is -1.95. The highest BCUT2D eigenvalue weighted by Crippen LogP contribution is 2.11. The molecule has 0 saturated carbocycles. The first-order chi connectivity index (χ1) is 9.25. The Labute approximate surface area is 111 Å². The fourth-order valence-electron chi connectivity index (χ4n) is 1.83. The maximum atomic E-state index is 11.6. The molecule has 0 aliphatic carbocycles. The SMILES string of the molecule is O=C(CNC(=O)C1CCCO1)NCc1cccnc1. The van der Waals surface area contributed by atoms with Crippen LogP contribution in [0.25, 0.3) is 0 Å². The van der Waals surface area contributed by atoms with Crippen molar-refractivity contribution in [1.82, 2.24) is 15.6 Å². The van der Waals surface area contributed by atoms with Crippen LogP contribution in [0.2, 0.25) is 0 Å². The van der Waals surface area contributed by atoms with E-state index in [1.165, 1.54) is 0 Å². The molecular weight excluding hydrogens is 246 g/mol. The number of rotatable bonds is 5. The molecule has 1 saturated heterocycles. The lowest BCUT2D eigenvalue weighted by Gasteiger charge is -2.10. The van der Waals surface area contributed by atoms with Gasteiger partial charge in [-0.15, -0.1) is 0 Å². The Kier molecular flexibility index (Phi) is 4.85. The van der Waals surface area contributed by atoms with Crippen molar-refractivity contribution in [2.75, 3.05) is 13.2 Å². The zero-order valence-corrected chi connectivity index (χ0v) is 10.6. The van der Waals surface area contributed by atoms with Crippen LogP contribution in [0.5, 0.6) is 0 Å². The molecule has 2 heterocycles. The standard InChI is InChI=1S/C13H17N3O3/c17-12(15-8-10-3-1-5-14-7-10)9-16-13(18)11-4-2-6-19-11/h1,3,5,7,11H,2,4,6,8-9H2,(H,15,17)(H,16,18). The first-order valence-electron chi connectivity index (χ1n) is 6.30. The van der Waals surface area contributed by atoms with E-state index in [9.17, 15) is 9.59 Å². The van der Waals surface area contributed by atoms with Gasteiger partial charge in [-0.05, 0) is 24.5 Å². The van der Waals surface area contributed by atoms with Crippen molar-refractivity contribution < 1.29 is 14.3 Å². The molecule has 6 nitrogen and oxygen atoms in total. The topological polar surface area (TPSA) is 80.3 Å². The molecule has 1 unspecified atom stereocenters. The van der Waals surface area contributed by atoms with E-state index < -0.39 is 6.10 Å². The molecule has 1 atom stereocenters. The van der Waals surface area contributed by atoms with Gasteiger partial charge in [-0.2, -0.15) is 0 Å². The van der Waals surface area contributed by atoms with E-state index in [4.69, 9.17) is 4.74 Å². The number of nitrogens with zero attached hydrogens (tertiary/aromatic N) is 1. The Bertz CT molecular complexity index is 430. The van der Waals surface area contributed by atoms with Crippen molar-refractivity contribution in [2.45, 2.75) is 25.5 Å². The summed E-state index contributed by atoms with van der Waals surface area (Å²) in [6.45, 7) is 0.993. The van der Waals surface area contributed by atoms with Crippen molar-refractivity contribution in [2.24, 2.45) is 0 Å². The predicted molar refractivity (Wildman–Crippen MR) is 68.1 cm³/mol. The number of pyridine rings is 1. The molecule has 0 radical (unpaired) electrons. The van der Waals surface area contributed by atoms with Crippen LogP contribution in [0.15, 0.2) is 24.5 Å².